The van der Waals surface area contributed by atoms with Crippen molar-refractivity contribution in [1.29, 1.82) is 0 Å². The predicted molar refractivity (Wildman–Crippen MR) is 107 cm³/mol. The normalized spacial score (nSPS) is 11.1. The zero-order chi connectivity index (χ0) is 19.9. The molecule has 3 aromatic carbocycles. The zero-order valence-corrected chi connectivity index (χ0v) is 14.9. The predicted octanol–water partition coefficient (Wildman–Crippen LogP) is 5.13. The molecule has 0 aromatic heterocycles. The third-order valence-electron chi connectivity index (χ3n) is 4.26. The second-order valence-corrected chi connectivity index (χ2v) is 6.17. The molecule has 0 bridgehead atoms. The molecular weight excluding hydrogens is 354 g/mol. The van der Waals surface area contributed by atoms with Crippen LogP contribution in [0.25, 0.3) is 5.57 Å². The molecule has 0 spiro atoms. The van der Waals surface area contributed by atoms with Gasteiger partial charge < -0.3 is 0 Å². The van der Waals surface area contributed by atoms with Crippen molar-refractivity contribution in [3.05, 3.63) is 118 Å². The number of non-ortho nitro benzene ring substituents is 1. The van der Waals surface area contributed by atoms with Gasteiger partial charge >= 0.3 is 0 Å². The Hall–Kier alpha value is -3.86. The van der Waals surface area contributed by atoms with E-state index in [1.807, 2.05) is 36.4 Å². The van der Waals surface area contributed by atoms with Crippen molar-refractivity contribution in [2.45, 2.75) is 6.42 Å². The minimum absolute atomic E-state index is 0.0143. The summed E-state index contributed by atoms with van der Waals surface area (Å²) in [4.78, 5) is 35.6. The minimum atomic E-state index is -0.512. The van der Waals surface area contributed by atoms with Gasteiger partial charge in [-0.2, -0.15) is 0 Å². The Labute approximate surface area is 162 Å². The van der Waals surface area contributed by atoms with Gasteiger partial charge in [0, 0.05) is 29.7 Å². The summed E-state index contributed by atoms with van der Waals surface area (Å²) in [6.45, 7) is 0. The lowest BCUT2D eigenvalue weighted by molar-refractivity contribution is -0.384. The molecule has 0 fully saturated rings. The number of nitro benzene ring substituents is 1. The second-order valence-electron chi connectivity index (χ2n) is 6.17. The van der Waals surface area contributed by atoms with Crippen LogP contribution in [0.2, 0.25) is 0 Å². The van der Waals surface area contributed by atoms with Gasteiger partial charge in [-0.25, -0.2) is 0 Å². The summed E-state index contributed by atoms with van der Waals surface area (Å²) >= 11 is 0. The fourth-order valence-electron chi connectivity index (χ4n) is 2.78. The summed E-state index contributed by atoms with van der Waals surface area (Å²) in [5.74, 6) is -0.401. The number of hydrogen-bond donors (Lipinski definition) is 0. The minimum Gasteiger partial charge on any atom is -0.294 e. The van der Waals surface area contributed by atoms with E-state index in [9.17, 15) is 19.7 Å². The van der Waals surface area contributed by atoms with Gasteiger partial charge in [0.25, 0.3) is 5.69 Å². The highest BCUT2D eigenvalue weighted by Crippen LogP contribution is 2.23. The summed E-state index contributed by atoms with van der Waals surface area (Å²) in [6.07, 6.45) is 1.49. The van der Waals surface area contributed by atoms with E-state index in [4.69, 9.17) is 0 Å². The highest BCUT2D eigenvalue weighted by molar-refractivity contribution is 6.11. The van der Waals surface area contributed by atoms with Crippen LogP contribution in [0.4, 0.5) is 5.69 Å². The largest absolute Gasteiger partial charge is 0.294 e. The Morgan fingerprint density at radius 2 is 1.29 bits per heavy atom. The van der Waals surface area contributed by atoms with E-state index in [0.29, 0.717) is 16.7 Å². The Morgan fingerprint density at radius 1 is 0.750 bits per heavy atom. The molecule has 5 heteroatoms. The third-order valence-corrected chi connectivity index (χ3v) is 4.26. The Morgan fingerprint density at radius 3 is 1.82 bits per heavy atom. The van der Waals surface area contributed by atoms with Crippen molar-refractivity contribution < 1.29 is 14.5 Å². The van der Waals surface area contributed by atoms with Crippen LogP contribution < -0.4 is 0 Å². The van der Waals surface area contributed by atoms with E-state index >= 15 is 0 Å². The number of carbonyl (C=O) groups excluding carboxylic acids is 2. The van der Waals surface area contributed by atoms with Gasteiger partial charge in [0.05, 0.1) is 4.92 Å². The maximum atomic E-state index is 12.7. The number of allylic oxidation sites excluding steroid dienone is 2. The lowest BCUT2D eigenvalue weighted by atomic mass is 9.95. The monoisotopic (exact) mass is 371 g/mol. The van der Waals surface area contributed by atoms with Crippen LogP contribution in [-0.2, 0) is 0 Å². The number of nitrogens with zero attached hydrogens (tertiary/aromatic N) is 1. The van der Waals surface area contributed by atoms with E-state index in [-0.39, 0.29) is 23.7 Å². The molecule has 3 aromatic rings. The van der Waals surface area contributed by atoms with Crippen LogP contribution >= 0.6 is 0 Å². The molecule has 0 amide bonds. The summed E-state index contributed by atoms with van der Waals surface area (Å²) in [5, 5.41) is 10.8. The molecule has 138 valence electrons. The Kier molecular flexibility index (Phi) is 5.87. The molecule has 5 nitrogen and oxygen atoms in total. The van der Waals surface area contributed by atoms with Gasteiger partial charge in [0.1, 0.15) is 0 Å². The quantitative estimate of drug-likeness (QED) is 0.249. The average molecular weight is 371 g/mol. The van der Waals surface area contributed by atoms with Crippen LogP contribution in [0.3, 0.4) is 0 Å². The number of rotatable bonds is 7. The van der Waals surface area contributed by atoms with E-state index < -0.39 is 4.92 Å². The number of hydrogen-bond acceptors (Lipinski definition) is 4. The molecule has 28 heavy (non-hydrogen) atoms. The first-order valence-electron chi connectivity index (χ1n) is 8.67. The van der Waals surface area contributed by atoms with Gasteiger partial charge in [-0.05, 0) is 29.3 Å². The van der Waals surface area contributed by atoms with Crippen LogP contribution in [0.5, 0.6) is 0 Å². The lowest BCUT2D eigenvalue weighted by Crippen LogP contribution is -2.03. The van der Waals surface area contributed by atoms with Crippen LogP contribution in [0.1, 0.15) is 32.7 Å². The fraction of sp³-hybridized carbons (Fsp3) is 0.0435. The Balaban J connectivity index is 1.89. The lowest BCUT2D eigenvalue weighted by Gasteiger charge is -2.08. The number of nitro groups is 1. The van der Waals surface area contributed by atoms with Crippen LogP contribution in [0.15, 0.2) is 91.0 Å². The molecule has 0 saturated carbocycles. The summed E-state index contributed by atoms with van der Waals surface area (Å²) < 4.78 is 0. The molecule has 0 atom stereocenters. The fourth-order valence-corrected chi connectivity index (χ4v) is 2.78. The molecule has 0 aliphatic carbocycles. The van der Waals surface area contributed by atoms with E-state index in [1.54, 1.807) is 24.3 Å². The molecule has 3 rings (SSSR count). The first-order chi connectivity index (χ1) is 13.5. The number of carbonyl (C=O) groups is 2. The first kappa shape index (κ1) is 18.9. The topological polar surface area (TPSA) is 77.3 Å². The number of ketones is 2. The van der Waals surface area contributed by atoms with Crippen molar-refractivity contribution in [3.63, 3.8) is 0 Å². The third kappa shape index (κ3) is 4.65. The van der Waals surface area contributed by atoms with Crippen molar-refractivity contribution in [1.82, 2.24) is 0 Å². The van der Waals surface area contributed by atoms with Gasteiger partial charge in [-0.1, -0.05) is 60.7 Å². The van der Waals surface area contributed by atoms with Crippen LogP contribution in [-0.4, -0.2) is 16.5 Å². The van der Waals surface area contributed by atoms with E-state index in [1.165, 1.54) is 30.3 Å². The van der Waals surface area contributed by atoms with Gasteiger partial charge in [0.2, 0.25) is 0 Å². The Bertz CT molecular complexity index is 1020. The van der Waals surface area contributed by atoms with Crippen LogP contribution in [0, 0.1) is 10.1 Å². The van der Waals surface area contributed by atoms with Gasteiger partial charge in [0.15, 0.2) is 11.6 Å². The summed E-state index contributed by atoms with van der Waals surface area (Å²) in [5.41, 5.74) is 2.20. The average Bonchev–Trinajstić information content (AvgIpc) is 2.74. The van der Waals surface area contributed by atoms with E-state index in [2.05, 4.69) is 0 Å². The first-order valence-corrected chi connectivity index (χ1v) is 8.67. The molecule has 0 heterocycles. The molecule has 0 N–H and O–H groups in total. The van der Waals surface area contributed by atoms with Crippen molar-refractivity contribution >= 4 is 22.8 Å². The van der Waals surface area contributed by atoms with Crippen molar-refractivity contribution in [3.8, 4) is 0 Å². The standard InChI is InChI=1S/C23H17NO4/c25-22(18-9-5-2-6-10-18)15-20(17-7-3-1-4-8-17)16-23(26)19-11-13-21(14-12-19)24(27)28/h1-15H,16H2/b20-15+. The SMILES string of the molecule is O=C(/C=C(\CC(=O)c1ccc([N+](=O)[O-])cc1)c1ccccc1)c1ccccc1. The highest BCUT2D eigenvalue weighted by atomic mass is 16.6. The summed E-state index contributed by atoms with van der Waals surface area (Å²) in [7, 11) is 0. The van der Waals surface area contributed by atoms with Crippen molar-refractivity contribution in [2.24, 2.45) is 0 Å². The molecule has 0 saturated heterocycles. The molecular formula is C23H17NO4. The second kappa shape index (κ2) is 8.68. The van der Waals surface area contributed by atoms with E-state index in [0.717, 1.165) is 5.56 Å². The molecule has 0 aliphatic heterocycles. The molecule has 0 radical (unpaired) electrons. The van der Waals surface area contributed by atoms with Gasteiger partial charge in [-0.15, -0.1) is 0 Å². The highest BCUT2D eigenvalue weighted by Gasteiger charge is 2.14. The zero-order valence-electron chi connectivity index (χ0n) is 14.9. The van der Waals surface area contributed by atoms with Crippen molar-refractivity contribution in [2.75, 3.05) is 0 Å². The smallest absolute Gasteiger partial charge is 0.269 e. The molecule has 0 unspecified atom stereocenters. The maximum Gasteiger partial charge on any atom is 0.269 e. The summed E-state index contributed by atoms with van der Waals surface area (Å²) in [6, 6.07) is 23.5. The number of Topliss-reactive ketones (excluding diaryl/α,β-unsaturated/α-hetero) is 1. The molecule has 0 aliphatic rings. The van der Waals surface area contributed by atoms with Gasteiger partial charge in [-0.3, -0.25) is 19.7 Å². The number of benzene rings is 3. The maximum absolute atomic E-state index is 12.7.